The van der Waals surface area contributed by atoms with E-state index in [1.807, 2.05) is 6.92 Å². The first-order chi connectivity index (χ1) is 12.8. The molecule has 3 rings (SSSR count). The van der Waals surface area contributed by atoms with E-state index in [2.05, 4.69) is 27.9 Å². The Morgan fingerprint density at radius 2 is 2.19 bits per heavy atom. The summed E-state index contributed by atoms with van der Waals surface area (Å²) in [5.74, 6) is 0.822. The van der Waals surface area contributed by atoms with Crippen LogP contribution in [0.25, 0.3) is 22.4 Å². The van der Waals surface area contributed by atoms with Crippen molar-refractivity contribution in [1.29, 1.82) is 0 Å². The van der Waals surface area contributed by atoms with Crippen LogP contribution >= 0.6 is 12.8 Å². The molecule has 2 amide bonds. The predicted molar refractivity (Wildman–Crippen MR) is 106 cm³/mol. The molecule has 0 fully saturated rings. The number of benzene rings is 1. The monoisotopic (exact) mass is 388 g/mol. The maximum absolute atomic E-state index is 12.6. The van der Waals surface area contributed by atoms with E-state index in [0.29, 0.717) is 46.2 Å². The number of urea groups is 1. The number of nitrogens with one attached hydrogen (secondary N) is 1. The fourth-order valence-corrected chi connectivity index (χ4v) is 2.90. The molecule has 1 aromatic carbocycles. The lowest BCUT2D eigenvalue weighted by Crippen LogP contribution is -2.27. The topological polar surface area (TPSA) is 119 Å². The first-order valence-electron chi connectivity index (χ1n) is 8.32. The lowest BCUT2D eigenvalue weighted by Gasteiger charge is -2.16. The van der Waals surface area contributed by atoms with E-state index in [1.54, 1.807) is 36.9 Å². The van der Waals surface area contributed by atoms with E-state index in [1.165, 1.54) is 0 Å². The van der Waals surface area contributed by atoms with Crippen molar-refractivity contribution in [3.05, 3.63) is 34.2 Å². The van der Waals surface area contributed by atoms with E-state index < -0.39 is 6.03 Å². The summed E-state index contributed by atoms with van der Waals surface area (Å²) in [4.78, 5) is 31.3. The standard InChI is InChI=1S/C17H20N6O3S/c1-4-7-26-12-6-5-10(23(27)17(18)25)8-11(12)14-19-15-13(16(24)20-14)9(2)21-22(15)3/h5-6,8,27H,4,7H2,1-3H3,(H2,18,25)(H,19,20,24). The van der Waals surface area contributed by atoms with Gasteiger partial charge in [0.25, 0.3) is 5.56 Å². The number of nitrogens with two attached hydrogens (primary N) is 1. The average Bonchev–Trinajstić information content (AvgIpc) is 2.93. The van der Waals surface area contributed by atoms with Crippen LogP contribution in [0.15, 0.2) is 23.0 Å². The van der Waals surface area contributed by atoms with Gasteiger partial charge in [0.05, 0.1) is 23.6 Å². The van der Waals surface area contributed by atoms with Gasteiger partial charge in [-0.25, -0.2) is 18.8 Å². The molecule has 9 nitrogen and oxygen atoms in total. The van der Waals surface area contributed by atoms with E-state index in [-0.39, 0.29) is 5.56 Å². The van der Waals surface area contributed by atoms with Crippen LogP contribution in [0.2, 0.25) is 0 Å². The highest BCUT2D eigenvalue weighted by atomic mass is 32.1. The van der Waals surface area contributed by atoms with Crippen LogP contribution in [-0.2, 0) is 7.05 Å². The molecule has 0 bridgehead atoms. The smallest absolute Gasteiger partial charge is 0.329 e. The number of anilines is 1. The zero-order chi connectivity index (χ0) is 19.7. The van der Waals surface area contributed by atoms with Crippen molar-refractivity contribution < 1.29 is 9.53 Å². The number of rotatable bonds is 5. The third-order valence-corrected chi connectivity index (χ3v) is 4.43. The molecule has 142 valence electrons. The first kappa shape index (κ1) is 18.8. The summed E-state index contributed by atoms with van der Waals surface area (Å²) in [6.07, 6.45) is 0.811. The summed E-state index contributed by atoms with van der Waals surface area (Å²) in [7, 11) is 1.72. The molecular weight excluding hydrogens is 368 g/mol. The molecule has 3 N–H and O–H groups in total. The van der Waals surface area contributed by atoms with Gasteiger partial charge in [0.15, 0.2) is 5.65 Å². The van der Waals surface area contributed by atoms with E-state index in [9.17, 15) is 9.59 Å². The van der Waals surface area contributed by atoms with Gasteiger partial charge in [0.2, 0.25) is 0 Å². The Kier molecular flexibility index (Phi) is 5.08. The van der Waals surface area contributed by atoms with Crippen LogP contribution in [0.4, 0.5) is 10.5 Å². The molecule has 0 atom stereocenters. The van der Waals surface area contributed by atoms with Gasteiger partial charge < -0.3 is 15.5 Å². The van der Waals surface area contributed by atoms with Crippen LogP contribution in [-0.4, -0.2) is 32.4 Å². The second-order valence-corrected chi connectivity index (χ2v) is 6.40. The van der Waals surface area contributed by atoms with Crippen molar-refractivity contribution in [2.45, 2.75) is 20.3 Å². The number of nitrogens with zero attached hydrogens (tertiary/aromatic N) is 4. The summed E-state index contributed by atoms with van der Waals surface area (Å²) in [6.45, 7) is 4.23. The molecule has 0 aliphatic rings. The minimum atomic E-state index is -0.731. The number of H-pyrrole nitrogens is 1. The molecule has 3 aromatic rings. The molecule has 0 radical (unpaired) electrons. The summed E-state index contributed by atoms with van der Waals surface area (Å²) >= 11 is 4.09. The maximum Gasteiger partial charge on any atom is 0.329 e. The summed E-state index contributed by atoms with van der Waals surface area (Å²) in [5, 5.41) is 4.68. The van der Waals surface area contributed by atoms with E-state index in [4.69, 9.17) is 10.5 Å². The zero-order valence-electron chi connectivity index (χ0n) is 15.2. The number of aromatic nitrogens is 4. The van der Waals surface area contributed by atoms with Crippen molar-refractivity contribution >= 4 is 35.6 Å². The molecule has 0 unspecified atom stereocenters. The predicted octanol–water partition coefficient (Wildman–Crippen LogP) is 2.15. The highest BCUT2D eigenvalue weighted by molar-refractivity contribution is 7.82. The van der Waals surface area contributed by atoms with Crippen molar-refractivity contribution in [2.24, 2.45) is 12.8 Å². The van der Waals surface area contributed by atoms with Crippen molar-refractivity contribution in [2.75, 3.05) is 10.9 Å². The van der Waals surface area contributed by atoms with Gasteiger partial charge >= 0.3 is 6.03 Å². The molecule has 27 heavy (non-hydrogen) atoms. The molecular formula is C17H20N6O3S. The second-order valence-electron chi connectivity index (χ2n) is 6.00. The van der Waals surface area contributed by atoms with Crippen LogP contribution in [0.3, 0.4) is 0 Å². The van der Waals surface area contributed by atoms with Crippen molar-refractivity contribution in [3.63, 3.8) is 0 Å². The fraction of sp³-hybridized carbons (Fsp3) is 0.294. The molecule has 10 heteroatoms. The van der Waals surface area contributed by atoms with Crippen LogP contribution in [0.5, 0.6) is 5.75 Å². The molecule has 2 aromatic heterocycles. The fourth-order valence-electron chi connectivity index (χ4n) is 2.77. The highest BCUT2D eigenvalue weighted by Crippen LogP contribution is 2.33. The number of thiol groups is 1. The summed E-state index contributed by atoms with van der Waals surface area (Å²) < 4.78 is 8.33. The van der Waals surface area contributed by atoms with Crippen LogP contribution in [0.1, 0.15) is 19.0 Å². The Morgan fingerprint density at radius 3 is 2.85 bits per heavy atom. The second kappa shape index (κ2) is 7.31. The SMILES string of the molecule is CCCOc1ccc(N(S)C(N)=O)cc1-c1nc2c(c(C)nn2C)c(=O)[nH]1. The van der Waals surface area contributed by atoms with Gasteiger partial charge in [-0.3, -0.25) is 4.79 Å². The largest absolute Gasteiger partial charge is 0.493 e. The van der Waals surface area contributed by atoms with E-state index >= 15 is 0 Å². The van der Waals surface area contributed by atoms with Gasteiger partial charge in [-0.2, -0.15) is 5.10 Å². The third kappa shape index (κ3) is 3.47. The number of fused-ring (bicyclic) bond motifs is 1. The minimum Gasteiger partial charge on any atom is -0.493 e. The van der Waals surface area contributed by atoms with Gasteiger partial charge in [-0.1, -0.05) is 19.7 Å². The van der Waals surface area contributed by atoms with Gasteiger partial charge in [0.1, 0.15) is 17.0 Å². The Balaban J connectivity index is 2.22. The Labute approximate surface area is 160 Å². The lowest BCUT2D eigenvalue weighted by atomic mass is 10.1. The Morgan fingerprint density at radius 1 is 1.44 bits per heavy atom. The zero-order valence-corrected chi connectivity index (χ0v) is 16.1. The van der Waals surface area contributed by atoms with Crippen molar-refractivity contribution in [3.8, 4) is 17.1 Å². The number of carbonyl (C=O) groups excluding carboxylic acids is 1. The van der Waals surface area contributed by atoms with Crippen LogP contribution in [0, 0.1) is 6.92 Å². The van der Waals surface area contributed by atoms with Crippen LogP contribution < -0.4 is 20.3 Å². The average molecular weight is 388 g/mol. The van der Waals surface area contributed by atoms with E-state index in [0.717, 1.165) is 10.7 Å². The van der Waals surface area contributed by atoms with Crippen molar-refractivity contribution in [1.82, 2.24) is 19.7 Å². The number of hydrogen-bond acceptors (Lipinski definition) is 6. The molecule has 0 saturated carbocycles. The minimum absolute atomic E-state index is 0.301. The summed E-state index contributed by atoms with van der Waals surface area (Å²) in [5.41, 5.74) is 6.98. The number of primary amides is 1. The summed E-state index contributed by atoms with van der Waals surface area (Å²) in [6, 6.07) is 4.24. The number of aryl methyl sites for hydroxylation is 2. The normalized spacial score (nSPS) is 11.0. The molecule has 0 aliphatic carbocycles. The van der Waals surface area contributed by atoms with Gasteiger partial charge in [0, 0.05) is 7.05 Å². The maximum atomic E-state index is 12.6. The van der Waals surface area contributed by atoms with Gasteiger partial charge in [-0.15, -0.1) is 0 Å². The number of hydrogen-bond donors (Lipinski definition) is 3. The number of carbonyl (C=O) groups is 1. The molecule has 0 aliphatic heterocycles. The lowest BCUT2D eigenvalue weighted by molar-refractivity contribution is 0.257. The Hall–Kier alpha value is -3.01. The highest BCUT2D eigenvalue weighted by Gasteiger charge is 2.18. The molecule has 2 heterocycles. The quantitative estimate of drug-likeness (QED) is 0.579. The molecule has 0 saturated heterocycles. The number of ether oxygens (including phenoxy) is 1. The first-order valence-corrected chi connectivity index (χ1v) is 8.72. The molecule has 0 spiro atoms. The third-order valence-electron chi connectivity index (χ3n) is 4.00. The Bertz CT molecular complexity index is 1070. The number of amides is 2. The number of aromatic amines is 1. The van der Waals surface area contributed by atoms with Gasteiger partial charge in [-0.05, 0) is 31.5 Å².